The minimum absolute atomic E-state index is 0.0647. The average molecular weight is 532 g/mol. The molecular formula is C27H26FN7O4. The highest BCUT2D eigenvalue weighted by Gasteiger charge is 2.54. The molecule has 1 atom stereocenters. The second kappa shape index (κ2) is 9.29. The van der Waals surface area contributed by atoms with Crippen molar-refractivity contribution >= 4 is 28.8 Å². The molecule has 1 saturated heterocycles. The summed E-state index contributed by atoms with van der Waals surface area (Å²) in [5, 5.41) is 14.1. The van der Waals surface area contributed by atoms with Crippen LogP contribution in [0.5, 0.6) is 5.88 Å². The Hall–Kier alpha value is -4.61. The standard InChI is InChI=1S/C27H26FN7O4/c1-15(36)17-3-4-23-22(13-30-35(23)14-17)31-25(37)16-5-8-34(27(11-16)6-7-27)26(38)21-10-20(32-33-21)18-9-24(39-2)29-12-19(18)28/h3-4,9-10,12-14,16H,5-8,11H2,1-2H3,(H,31,37)(H,32,33). The molecule has 0 bridgehead atoms. The number of rotatable bonds is 6. The number of Topliss-reactive ketones (excluding diaryl/α,β-unsaturated/α-hetero) is 1. The zero-order valence-electron chi connectivity index (χ0n) is 21.4. The van der Waals surface area contributed by atoms with Gasteiger partial charge in [0, 0.05) is 41.4 Å². The van der Waals surface area contributed by atoms with Gasteiger partial charge in [-0.15, -0.1) is 0 Å². The van der Waals surface area contributed by atoms with Gasteiger partial charge in [-0.05, 0) is 50.8 Å². The van der Waals surface area contributed by atoms with Gasteiger partial charge in [-0.25, -0.2) is 13.9 Å². The maximum atomic E-state index is 14.4. The molecule has 2 fully saturated rings. The van der Waals surface area contributed by atoms with Gasteiger partial charge in [0.15, 0.2) is 11.6 Å². The van der Waals surface area contributed by atoms with Crippen molar-refractivity contribution in [3.05, 3.63) is 59.9 Å². The van der Waals surface area contributed by atoms with E-state index in [-0.39, 0.29) is 51.9 Å². The van der Waals surface area contributed by atoms with Crippen LogP contribution in [0.4, 0.5) is 10.1 Å². The van der Waals surface area contributed by atoms with E-state index >= 15 is 0 Å². The van der Waals surface area contributed by atoms with Crippen LogP contribution < -0.4 is 10.1 Å². The van der Waals surface area contributed by atoms with Crippen LogP contribution in [0.15, 0.2) is 42.9 Å². The van der Waals surface area contributed by atoms with Crippen LogP contribution in [-0.4, -0.2) is 66.5 Å². The molecule has 1 spiro atoms. The first-order valence-corrected chi connectivity index (χ1v) is 12.6. The van der Waals surface area contributed by atoms with Crippen LogP contribution in [0, 0.1) is 11.7 Å². The van der Waals surface area contributed by atoms with Gasteiger partial charge in [0.2, 0.25) is 11.8 Å². The van der Waals surface area contributed by atoms with Crippen LogP contribution >= 0.6 is 0 Å². The number of H-pyrrole nitrogens is 1. The molecule has 4 aromatic rings. The second-order valence-electron chi connectivity index (χ2n) is 10.1. The summed E-state index contributed by atoms with van der Waals surface area (Å²) in [5.41, 5.74) is 2.13. The molecule has 0 aromatic carbocycles. The molecule has 11 nitrogen and oxygen atoms in total. The van der Waals surface area contributed by atoms with Crippen molar-refractivity contribution in [1.29, 1.82) is 0 Å². The summed E-state index contributed by atoms with van der Waals surface area (Å²) in [6.07, 6.45) is 6.93. The Morgan fingerprint density at radius 1 is 1.21 bits per heavy atom. The lowest BCUT2D eigenvalue weighted by atomic mass is 9.88. The number of carbonyl (C=O) groups excluding carboxylic acids is 3. The zero-order chi connectivity index (χ0) is 27.3. The molecular weight excluding hydrogens is 505 g/mol. The Bertz CT molecular complexity index is 1620. The van der Waals surface area contributed by atoms with Gasteiger partial charge in [-0.1, -0.05) is 0 Å². The number of aromatic amines is 1. The summed E-state index contributed by atoms with van der Waals surface area (Å²) >= 11 is 0. The van der Waals surface area contributed by atoms with Crippen LogP contribution in [0.25, 0.3) is 16.8 Å². The number of pyridine rings is 2. The fraction of sp³-hybridized carbons (Fsp3) is 0.333. The van der Waals surface area contributed by atoms with Gasteiger partial charge in [0.05, 0.1) is 36.4 Å². The first kappa shape index (κ1) is 24.7. The highest BCUT2D eigenvalue weighted by atomic mass is 19.1. The number of fused-ring (bicyclic) bond motifs is 1. The minimum atomic E-state index is -0.572. The van der Waals surface area contributed by atoms with E-state index in [0.29, 0.717) is 36.2 Å². The number of aromatic nitrogens is 5. The molecule has 39 heavy (non-hydrogen) atoms. The lowest BCUT2D eigenvalue weighted by Gasteiger charge is -2.39. The fourth-order valence-electron chi connectivity index (χ4n) is 5.32. The van der Waals surface area contributed by atoms with Crippen molar-refractivity contribution in [2.75, 3.05) is 19.0 Å². The van der Waals surface area contributed by atoms with Crippen LogP contribution in [0.1, 0.15) is 53.5 Å². The number of methoxy groups -OCH3 is 1. The molecule has 1 aliphatic carbocycles. The molecule has 12 heteroatoms. The first-order chi connectivity index (χ1) is 18.8. The third kappa shape index (κ3) is 4.41. The molecule has 1 aliphatic heterocycles. The Kier molecular flexibility index (Phi) is 5.89. The summed E-state index contributed by atoms with van der Waals surface area (Å²) in [4.78, 5) is 44.0. The molecule has 2 amide bonds. The van der Waals surface area contributed by atoms with Crippen molar-refractivity contribution in [3.63, 3.8) is 0 Å². The number of halogens is 1. The number of carbonyl (C=O) groups is 3. The quantitative estimate of drug-likeness (QED) is 0.364. The van der Waals surface area contributed by atoms with Gasteiger partial charge in [0.25, 0.3) is 5.91 Å². The molecule has 2 aliphatic rings. The topological polar surface area (TPSA) is 135 Å². The molecule has 0 radical (unpaired) electrons. The third-order valence-corrected chi connectivity index (χ3v) is 7.65. The van der Waals surface area contributed by atoms with Gasteiger partial charge in [0.1, 0.15) is 5.69 Å². The Morgan fingerprint density at radius 2 is 2.03 bits per heavy atom. The van der Waals surface area contributed by atoms with Crippen molar-refractivity contribution < 1.29 is 23.5 Å². The van der Waals surface area contributed by atoms with Crippen molar-refractivity contribution in [3.8, 4) is 17.1 Å². The van der Waals surface area contributed by atoms with E-state index < -0.39 is 5.82 Å². The Balaban J connectivity index is 1.15. The van der Waals surface area contributed by atoms with E-state index in [1.54, 1.807) is 29.0 Å². The van der Waals surface area contributed by atoms with Crippen molar-refractivity contribution in [2.24, 2.45) is 5.92 Å². The van der Waals surface area contributed by atoms with Gasteiger partial charge < -0.3 is 15.0 Å². The van der Waals surface area contributed by atoms with Gasteiger partial charge in [-0.3, -0.25) is 19.5 Å². The number of piperidine rings is 1. The SMILES string of the molecule is COc1cc(-c2cc(C(=O)N3CCC(C(=O)Nc4cnn5cc(C(C)=O)ccc45)CC34CC4)[nH]n2)c(F)cn1. The second-order valence-corrected chi connectivity index (χ2v) is 10.1. The van der Waals surface area contributed by atoms with Crippen LogP contribution in [0.3, 0.4) is 0 Å². The molecule has 2 N–H and O–H groups in total. The van der Waals surface area contributed by atoms with Gasteiger partial charge in [-0.2, -0.15) is 10.2 Å². The number of amides is 2. The van der Waals surface area contributed by atoms with Gasteiger partial charge >= 0.3 is 0 Å². The molecule has 1 unspecified atom stereocenters. The number of nitrogens with zero attached hydrogens (tertiary/aromatic N) is 5. The number of hydrogen-bond acceptors (Lipinski definition) is 7. The smallest absolute Gasteiger partial charge is 0.272 e. The summed E-state index contributed by atoms with van der Waals surface area (Å²) in [7, 11) is 1.44. The zero-order valence-corrected chi connectivity index (χ0v) is 21.4. The van der Waals surface area contributed by atoms with E-state index in [1.165, 1.54) is 26.2 Å². The maximum Gasteiger partial charge on any atom is 0.272 e. The highest BCUT2D eigenvalue weighted by molar-refractivity contribution is 5.98. The normalized spacial score (nSPS) is 17.8. The number of ketones is 1. The Morgan fingerprint density at radius 3 is 2.77 bits per heavy atom. The average Bonchev–Trinajstić information content (AvgIpc) is 3.34. The molecule has 1 saturated carbocycles. The highest BCUT2D eigenvalue weighted by Crippen LogP contribution is 2.50. The molecule has 5 heterocycles. The lowest BCUT2D eigenvalue weighted by molar-refractivity contribution is -0.122. The predicted molar refractivity (Wildman–Crippen MR) is 138 cm³/mol. The third-order valence-electron chi connectivity index (χ3n) is 7.65. The van der Waals surface area contributed by atoms with E-state index in [9.17, 15) is 18.8 Å². The number of anilines is 1. The van der Waals surface area contributed by atoms with E-state index in [2.05, 4.69) is 25.6 Å². The van der Waals surface area contributed by atoms with E-state index in [1.807, 2.05) is 4.90 Å². The van der Waals surface area contributed by atoms with Crippen molar-refractivity contribution in [2.45, 2.75) is 38.1 Å². The summed E-state index contributed by atoms with van der Waals surface area (Å²) in [6, 6.07) is 6.42. The minimum Gasteiger partial charge on any atom is -0.481 e. The lowest BCUT2D eigenvalue weighted by Crippen LogP contribution is -2.50. The summed E-state index contributed by atoms with van der Waals surface area (Å²) in [5.74, 6) is -1.01. The number of hydrogen-bond donors (Lipinski definition) is 2. The Labute approximate surface area is 222 Å². The largest absolute Gasteiger partial charge is 0.481 e. The summed E-state index contributed by atoms with van der Waals surface area (Å²) < 4.78 is 21.0. The molecule has 200 valence electrons. The predicted octanol–water partition coefficient (Wildman–Crippen LogP) is 3.49. The maximum absolute atomic E-state index is 14.4. The number of ether oxygens (including phenoxy) is 1. The first-order valence-electron chi connectivity index (χ1n) is 12.6. The number of nitrogens with one attached hydrogen (secondary N) is 2. The summed E-state index contributed by atoms with van der Waals surface area (Å²) in [6.45, 7) is 1.90. The van der Waals surface area contributed by atoms with Crippen LogP contribution in [-0.2, 0) is 4.79 Å². The van der Waals surface area contributed by atoms with Crippen molar-refractivity contribution in [1.82, 2.24) is 29.7 Å². The molecule has 4 aromatic heterocycles. The monoisotopic (exact) mass is 531 g/mol. The number of likely N-dealkylation sites (tertiary alicyclic amines) is 1. The van der Waals surface area contributed by atoms with E-state index in [4.69, 9.17) is 4.74 Å². The van der Waals surface area contributed by atoms with Crippen LogP contribution in [0.2, 0.25) is 0 Å². The fourth-order valence-corrected chi connectivity index (χ4v) is 5.32. The van der Waals surface area contributed by atoms with E-state index in [0.717, 1.165) is 19.0 Å². The molecule has 6 rings (SSSR count).